The molecule has 104 valence electrons. The molecule has 0 saturated carbocycles. The Morgan fingerprint density at radius 3 is 2.62 bits per heavy atom. The second-order valence-electron chi connectivity index (χ2n) is 3.99. The molecule has 0 spiro atoms. The average Bonchev–Trinajstić information content (AvgIpc) is 2.49. The van der Waals surface area contributed by atoms with Gasteiger partial charge in [0.2, 0.25) is 0 Å². The number of benzene rings is 1. The molecule has 6 nitrogen and oxygen atoms in total. The lowest BCUT2D eigenvalue weighted by atomic mass is 10.1. The van der Waals surface area contributed by atoms with E-state index >= 15 is 0 Å². The maximum absolute atomic E-state index is 12.0. The highest BCUT2D eigenvalue weighted by molar-refractivity contribution is 14.1. The van der Waals surface area contributed by atoms with Crippen LogP contribution in [0, 0.1) is 14.9 Å². The van der Waals surface area contributed by atoms with E-state index in [1.54, 1.807) is 6.07 Å². The average molecular weight is 393 g/mol. The van der Waals surface area contributed by atoms with Crippen molar-refractivity contribution in [1.29, 1.82) is 5.26 Å². The van der Waals surface area contributed by atoms with Gasteiger partial charge in [0.05, 0.1) is 16.8 Å². The Hall–Kier alpha value is -2.47. The van der Waals surface area contributed by atoms with Crippen LogP contribution in [0.4, 0.5) is 5.69 Å². The lowest BCUT2D eigenvalue weighted by Crippen LogP contribution is -2.16. The van der Waals surface area contributed by atoms with Crippen LogP contribution in [0.3, 0.4) is 0 Å². The Labute approximate surface area is 133 Å². The molecular formula is C14H8IN3O3. The van der Waals surface area contributed by atoms with Gasteiger partial charge < -0.3 is 10.4 Å². The largest absolute Gasteiger partial charge is 0.478 e. The quantitative estimate of drug-likeness (QED) is 0.781. The molecule has 0 bridgehead atoms. The van der Waals surface area contributed by atoms with E-state index in [-0.39, 0.29) is 16.9 Å². The number of anilines is 1. The molecule has 2 N–H and O–H groups in total. The van der Waals surface area contributed by atoms with Gasteiger partial charge in [0.25, 0.3) is 5.91 Å². The SMILES string of the molecule is N#Cc1ccc(C(=O)Nc2ccc(I)cc2C(=O)O)nc1. The van der Waals surface area contributed by atoms with Crippen LogP contribution in [-0.4, -0.2) is 22.0 Å². The smallest absolute Gasteiger partial charge is 0.337 e. The number of carboxylic acid groups (broad SMARTS) is 1. The summed E-state index contributed by atoms with van der Waals surface area (Å²) < 4.78 is 0.750. The minimum Gasteiger partial charge on any atom is -0.478 e. The zero-order valence-electron chi connectivity index (χ0n) is 10.5. The molecule has 0 aliphatic carbocycles. The van der Waals surface area contributed by atoms with Gasteiger partial charge in [-0.1, -0.05) is 0 Å². The van der Waals surface area contributed by atoms with Crippen LogP contribution in [0.15, 0.2) is 36.5 Å². The van der Waals surface area contributed by atoms with Crippen molar-refractivity contribution in [3.8, 4) is 6.07 Å². The summed E-state index contributed by atoms with van der Waals surface area (Å²) >= 11 is 1.99. The minimum absolute atomic E-state index is 0.00361. The number of aromatic carboxylic acids is 1. The van der Waals surface area contributed by atoms with Crippen LogP contribution in [0.2, 0.25) is 0 Å². The zero-order valence-corrected chi connectivity index (χ0v) is 12.7. The number of pyridine rings is 1. The molecular weight excluding hydrogens is 385 g/mol. The van der Waals surface area contributed by atoms with Gasteiger partial charge in [0, 0.05) is 9.77 Å². The normalized spacial score (nSPS) is 9.71. The predicted octanol–water partition coefficient (Wildman–Crippen LogP) is 2.51. The van der Waals surface area contributed by atoms with Crippen molar-refractivity contribution in [2.24, 2.45) is 0 Å². The van der Waals surface area contributed by atoms with Crippen molar-refractivity contribution in [2.75, 3.05) is 5.32 Å². The number of amides is 1. The molecule has 1 heterocycles. The second kappa shape index (κ2) is 6.32. The topological polar surface area (TPSA) is 103 Å². The summed E-state index contributed by atoms with van der Waals surface area (Å²) in [5.41, 5.74) is 0.638. The molecule has 0 aliphatic rings. The third-order valence-corrected chi connectivity index (χ3v) is 3.26. The standard InChI is InChI=1S/C14H8IN3O3/c15-9-2-4-11(10(5-9)14(20)21)18-13(19)12-3-1-8(6-16)7-17-12/h1-5,7H,(H,18,19)(H,20,21). The van der Waals surface area contributed by atoms with E-state index in [9.17, 15) is 9.59 Å². The van der Waals surface area contributed by atoms with Crippen LogP contribution in [-0.2, 0) is 0 Å². The van der Waals surface area contributed by atoms with Crippen LogP contribution in [0.25, 0.3) is 0 Å². The van der Waals surface area contributed by atoms with Gasteiger partial charge in [-0.05, 0) is 52.9 Å². The van der Waals surface area contributed by atoms with Crippen LogP contribution in [0.5, 0.6) is 0 Å². The highest BCUT2D eigenvalue weighted by Crippen LogP contribution is 2.19. The monoisotopic (exact) mass is 393 g/mol. The van der Waals surface area contributed by atoms with Gasteiger partial charge in [0.15, 0.2) is 0 Å². The number of nitrogens with one attached hydrogen (secondary N) is 1. The molecule has 0 aliphatic heterocycles. The fourth-order valence-electron chi connectivity index (χ4n) is 1.58. The third kappa shape index (κ3) is 3.55. The molecule has 7 heteroatoms. The van der Waals surface area contributed by atoms with Crippen molar-refractivity contribution in [3.05, 3.63) is 56.9 Å². The Morgan fingerprint density at radius 1 is 1.29 bits per heavy atom. The number of hydrogen-bond acceptors (Lipinski definition) is 4. The summed E-state index contributed by atoms with van der Waals surface area (Å²) in [5.74, 6) is -1.67. The molecule has 0 radical (unpaired) electrons. The molecule has 0 fully saturated rings. The van der Waals surface area contributed by atoms with Gasteiger partial charge in [-0.15, -0.1) is 0 Å². The fourth-order valence-corrected chi connectivity index (χ4v) is 2.07. The number of nitriles is 1. The summed E-state index contributed by atoms with van der Waals surface area (Å²) in [6, 6.07) is 9.44. The van der Waals surface area contributed by atoms with Gasteiger partial charge in [-0.25, -0.2) is 9.78 Å². The van der Waals surface area contributed by atoms with Crippen molar-refractivity contribution in [1.82, 2.24) is 4.98 Å². The molecule has 0 unspecified atom stereocenters. The Kier molecular flexibility index (Phi) is 4.49. The number of aromatic nitrogens is 1. The van der Waals surface area contributed by atoms with Crippen molar-refractivity contribution in [3.63, 3.8) is 0 Å². The third-order valence-electron chi connectivity index (χ3n) is 2.59. The summed E-state index contributed by atoms with van der Waals surface area (Å²) in [6.07, 6.45) is 1.28. The first kappa shape index (κ1) is 14.9. The molecule has 0 saturated heterocycles. The van der Waals surface area contributed by atoms with E-state index in [2.05, 4.69) is 10.3 Å². The first-order chi connectivity index (χ1) is 10.0. The molecule has 21 heavy (non-hydrogen) atoms. The van der Waals surface area contributed by atoms with Gasteiger partial charge in [-0.3, -0.25) is 4.79 Å². The molecule has 1 aromatic carbocycles. The van der Waals surface area contributed by atoms with E-state index in [4.69, 9.17) is 10.4 Å². The molecule has 1 amide bonds. The Bertz CT molecular complexity index is 751. The number of carbonyl (C=O) groups is 2. The van der Waals surface area contributed by atoms with E-state index in [1.807, 2.05) is 28.7 Å². The van der Waals surface area contributed by atoms with Crippen LogP contribution in [0.1, 0.15) is 26.4 Å². The summed E-state index contributed by atoms with van der Waals surface area (Å²) in [7, 11) is 0. The van der Waals surface area contributed by atoms with E-state index in [1.165, 1.54) is 30.5 Å². The fraction of sp³-hybridized carbons (Fsp3) is 0. The van der Waals surface area contributed by atoms with Gasteiger partial charge in [-0.2, -0.15) is 5.26 Å². The number of nitrogens with zero attached hydrogens (tertiary/aromatic N) is 2. The summed E-state index contributed by atoms with van der Waals surface area (Å²) in [6.45, 7) is 0. The molecule has 2 aromatic rings. The van der Waals surface area contributed by atoms with E-state index < -0.39 is 11.9 Å². The van der Waals surface area contributed by atoms with Crippen LogP contribution < -0.4 is 5.32 Å². The molecule has 1 aromatic heterocycles. The van der Waals surface area contributed by atoms with E-state index in [0.29, 0.717) is 5.56 Å². The number of carbonyl (C=O) groups excluding carboxylic acids is 1. The predicted molar refractivity (Wildman–Crippen MR) is 83.0 cm³/mol. The number of hydrogen-bond donors (Lipinski definition) is 2. The van der Waals surface area contributed by atoms with Crippen LogP contribution >= 0.6 is 22.6 Å². The molecule has 0 atom stereocenters. The lowest BCUT2D eigenvalue weighted by Gasteiger charge is -2.08. The molecule has 2 rings (SSSR count). The highest BCUT2D eigenvalue weighted by Gasteiger charge is 2.14. The summed E-state index contributed by atoms with van der Waals surface area (Å²) in [4.78, 5) is 27.0. The van der Waals surface area contributed by atoms with Crippen molar-refractivity contribution < 1.29 is 14.7 Å². The maximum atomic E-state index is 12.0. The second-order valence-corrected chi connectivity index (χ2v) is 5.24. The minimum atomic E-state index is -1.13. The number of carboxylic acids is 1. The first-order valence-electron chi connectivity index (χ1n) is 5.71. The maximum Gasteiger partial charge on any atom is 0.337 e. The Morgan fingerprint density at radius 2 is 2.05 bits per heavy atom. The van der Waals surface area contributed by atoms with Gasteiger partial charge >= 0.3 is 5.97 Å². The highest BCUT2D eigenvalue weighted by atomic mass is 127. The first-order valence-corrected chi connectivity index (χ1v) is 6.79. The van der Waals surface area contributed by atoms with E-state index in [0.717, 1.165) is 3.57 Å². The Balaban J connectivity index is 2.27. The number of halogens is 1. The number of rotatable bonds is 3. The zero-order chi connectivity index (χ0) is 15.4. The van der Waals surface area contributed by atoms with Gasteiger partial charge in [0.1, 0.15) is 11.8 Å². The lowest BCUT2D eigenvalue weighted by molar-refractivity contribution is 0.0698. The summed E-state index contributed by atoms with van der Waals surface area (Å²) in [5, 5.41) is 20.3. The van der Waals surface area contributed by atoms with Crippen molar-refractivity contribution in [2.45, 2.75) is 0 Å². The van der Waals surface area contributed by atoms with Crippen molar-refractivity contribution >= 4 is 40.2 Å².